The van der Waals surface area contributed by atoms with Crippen LogP contribution in [0.4, 0.5) is 4.79 Å². The molecule has 0 aromatic heterocycles. The molecule has 5 heteroatoms. The van der Waals surface area contributed by atoms with Crippen molar-refractivity contribution in [2.45, 2.75) is 6.42 Å². The van der Waals surface area contributed by atoms with Crippen molar-refractivity contribution in [2.75, 3.05) is 19.7 Å². The van der Waals surface area contributed by atoms with Crippen molar-refractivity contribution in [3.05, 3.63) is 0 Å². The standard InChI is InChI=1S/C6H10N2O3/c7-5(9)4-8-2-1-3-11-6(8)10/h1-4H2,(H2,7,9). The van der Waals surface area contributed by atoms with Crippen molar-refractivity contribution in [1.82, 2.24) is 4.90 Å². The minimum absolute atomic E-state index is 0.0428. The fourth-order valence-corrected chi connectivity index (χ4v) is 0.929. The van der Waals surface area contributed by atoms with Gasteiger partial charge < -0.3 is 10.5 Å². The number of rotatable bonds is 2. The number of primary amides is 1. The maximum absolute atomic E-state index is 10.8. The molecule has 0 aromatic carbocycles. The Balaban J connectivity index is 2.42. The van der Waals surface area contributed by atoms with Gasteiger partial charge in [0.05, 0.1) is 6.61 Å². The monoisotopic (exact) mass is 158 g/mol. The Morgan fingerprint density at radius 2 is 2.45 bits per heavy atom. The highest BCUT2D eigenvalue weighted by molar-refractivity contribution is 5.80. The molecule has 11 heavy (non-hydrogen) atoms. The lowest BCUT2D eigenvalue weighted by atomic mass is 10.3. The fourth-order valence-electron chi connectivity index (χ4n) is 0.929. The number of cyclic esters (lactones) is 1. The molecule has 1 saturated heterocycles. The van der Waals surface area contributed by atoms with E-state index in [-0.39, 0.29) is 6.54 Å². The molecule has 62 valence electrons. The van der Waals surface area contributed by atoms with Gasteiger partial charge in [0, 0.05) is 6.54 Å². The highest BCUT2D eigenvalue weighted by Gasteiger charge is 2.20. The van der Waals surface area contributed by atoms with Crippen molar-refractivity contribution in [3.63, 3.8) is 0 Å². The fraction of sp³-hybridized carbons (Fsp3) is 0.667. The van der Waals surface area contributed by atoms with Crippen molar-refractivity contribution >= 4 is 12.0 Å². The van der Waals surface area contributed by atoms with Crippen molar-refractivity contribution in [2.24, 2.45) is 5.73 Å². The number of amides is 2. The number of carbonyl (C=O) groups excluding carboxylic acids is 2. The van der Waals surface area contributed by atoms with E-state index in [1.165, 1.54) is 4.90 Å². The first-order valence-electron chi connectivity index (χ1n) is 3.40. The van der Waals surface area contributed by atoms with Crippen LogP contribution < -0.4 is 5.73 Å². The van der Waals surface area contributed by atoms with Gasteiger partial charge in [0.1, 0.15) is 6.54 Å². The second kappa shape index (κ2) is 3.23. The molecular weight excluding hydrogens is 148 g/mol. The average Bonchev–Trinajstić information content (AvgIpc) is 1.93. The van der Waals surface area contributed by atoms with Crippen molar-refractivity contribution in [3.8, 4) is 0 Å². The lowest BCUT2D eigenvalue weighted by Crippen LogP contribution is -2.42. The van der Waals surface area contributed by atoms with Crippen LogP contribution in [0, 0.1) is 0 Å². The van der Waals surface area contributed by atoms with Crippen LogP contribution >= 0.6 is 0 Å². The van der Waals surface area contributed by atoms with Gasteiger partial charge in [0.25, 0.3) is 0 Å². The molecule has 5 nitrogen and oxygen atoms in total. The van der Waals surface area contributed by atoms with Gasteiger partial charge in [0.2, 0.25) is 5.91 Å². The molecule has 0 aromatic rings. The summed E-state index contributed by atoms with van der Waals surface area (Å²) in [6, 6.07) is 0. The molecule has 0 bridgehead atoms. The lowest BCUT2D eigenvalue weighted by Gasteiger charge is -2.24. The van der Waals surface area contributed by atoms with Crippen LogP contribution in [0.3, 0.4) is 0 Å². The second-order valence-electron chi connectivity index (χ2n) is 2.36. The summed E-state index contributed by atoms with van der Waals surface area (Å²) in [4.78, 5) is 22.5. The Kier molecular flexibility index (Phi) is 2.30. The molecule has 0 radical (unpaired) electrons. The Morgan fingerprint density at radius 1 is 1.73 bits per heavy atom. The minimum atomic E-state index is -0.510. The molecule has 1 fully saturated rings. The zero-order valence-electron chi connectivity index (χ0n) is 6.08. The Hall–Kier alpha value is -1.26. The van der Waals surface area contributed by atoms with E-state index in [4.69, 9.17) is 5.73 Å². The summed E-state index contributed by atoms with van der Waals surface area (Å²) in [6.07, 6.45) is 0.314. The number of nitrogens with two attached hydrogens (primary N) is 1. The number of hydrogen-bond acceptors (Lipinski definition) is 3. The summed E-state index contributed by atoms with van der Waals surface area (Å²) >= 11 is 0. The zero-order chi connectivity index (χ0) is 8.27. The predicted octanol–water partition coefficient (Wildman–Crippen LogP) is -0.686. The topological polar surface area (TPSA) is 72.6 Å². The molecule has 0 atom stereocenters. The zero-order valence-corrected chi connectivity index (χ0v) is 6.08. The van der Waals surface area contributed by atoms with E-state index in [9.17, 15) is 9.59 Å². The van der Waals surface area contributed by atoms with Crippen LogP contribution in [-0.2, 0) is 9.53 Å². The SMILES string of the molecule is NC(=O)CN1CCCOC1=O. The first-order valence-corrected chi connectivity index (χ1v) is 3.40. The lowest BCUT2D eigenvalue weighted by molar-refractivity contribution is -0.119. The van der Waals surface area contributed by atoms with Gasteiger partial charge >= 0.3 is 6.09 Å². The Labute approximate surface area is 64.1 Å². The average molecular weight is 158 g/mol. The molecule has 1 rings (SSSR count). The normalized spacial score (nSPS) is 17.8. The number of ether oxygens (including phenoxy) is 1. The van der Waals surface area contributed by atoms with Crippen LogP contribution in [0.5, 0.6) is 0 Å². The summed E-state index contributed by atoms with van der Waals surface area (Å²) in [5.74, 6) is -0.510. The van der Waals surface area contributed by atoms with Crippen LogP contribution in [0.15, 0.2) is 0 Å². The largest absolute Gasteiger partial charge is 0.449 e. The Morgan fingerprint density at radius 3 is 3.00 bits per heavy atom. The summed E-state index contributed by atoms with van der Waals surface area (Å²) < 4.78 is 4.67. The van der Waals surface area contributed by atoms with Gasteiger partial charge in [-0.1, -0.05) is 0 Å². The van der Waals surface area contributed by atoms with Gasteiger partial charge in [0.15, 0.2) is 0 Å². The van der Waals surface area contributed by atoms with E-state index in [0.29, 0.717) is 13.2 Å². The predicted molar refractivity (Wildman–Crippen MR) is 36.7 cm³/mol. The summed E-state index contributed by atoms with van der Waals surface area (Å²) in [5, 5.41) is 0. The molecular formula is C6H10N2O3. The van der Waals surface area contributed by atoms with Crippen molar-refractivity contribution in [1.29, 1.82) is 0 Å². The molecule has 0 unspecified atom stereocenters. The van der Waals surface area contributed by atoms with Crippen LogP contribution in [0.1, 0.15) is 6.42 Å². The van der Waals surface area contributed by atoms with Crippen LogP contribution in [0.25, 0.3) is 0 Å². The molecule has 0 spiro atoms. The molecule has 1 aliphatic rings. The van der Waals surface area contributed by atoms with E-state index >= 15 is 0 Å². The second-order valence-corrected chi connectivity index (χ2v) is 2.36. The molecule has 1 heterocycles. The van der Waals surface area contributed by atoms with Crippen molar-refractivity contribution < 1.29 is 14.3 Å². The quantitative estimate of drug-likeness (QED) is 0.578. The number of carbonyl (C=O) groups is 2. The van der Waals surface area contributed by atoms with Gasteiger partial charge in [-0.05, 0) is 6.42 Å². The third-order valence-corrected chi connectivity index (χ3v) is 1.40. The van der Waals surface area contributed by atoms with E-state index < -0.39 is 12.0 Å². The molecule has 2 N–H and O–H groups in total. The molecule has 1 aliphatic heterocycles. The third kappa shape index (κ3) is 2.10. The summed E-state index contributed by atoms with van der Waals surface area (Å²) in [6.45, 7) is 0.953. The van der Waals surface area contributed by atoms with E-state index in [0.717, 1.165) is 6.42 Å². The van der Waals surface area contributed by atoms with E-state index in [1.807, 2.05) is 0 Å². The summed E-state index contributed by atoms with van der Waals surface area (Å²) in [5.41, 5.74) is 4.90. The minimum Gasteiger partial charge on any atom is -0.449 e. The smallest absolute Gasteiger partial charge is 0.410 e. The van der Waals surface area contributed by atoms with E-state index in [2.05, 4.69) is 4.74 Å². The van der Waals surface area contributed by atoms with Gasteiger partial charge in [-0.2, -0.15) is 0 Å². The highest BCUT2D eigenvalue weighted by atomic mass is 16.6. The molecule has 2 amide bonds. The van der Waals surface area contributed by atoms with Gasteiger partial charge in [-0.25, -0.2) is 4.79 Å². The summed E-state index contributed by atoms with van der Waals surface area (Å²) in [7, 11) is 0. The maximum Gasteiger partial charge on any atom is 0.410 e. The van der Waals surface area contributed by atoms with Gasteiger partial charge in [-0.3, -0.25) is 9.69 Å². The highest BCUT2D eigenvalue weighted by Crippen LogP contribution is 2.02. The first kappa shape index (κ1) is 7.84. The number of hydrogen-bond donors (Lipinski definition) is 1. The first-order chi connectivity index (χ1) is 5.20. The van der Waals surface area contributed by atoms with Crippen LogP contribution in [0.2, 0.25) is 0 Å². The Bertz CT molecular complexity index is 181. The van der Waals surface area contributed by atoms with Crippen LogP contribution in [-0.4, -0.2) is 36.6 Å². The third-order valence-electron chi connectivity index (χ3n) is 1.40. The number of nitrogens with zero attached hydrogens (tertiary/aromatic N) is 1. The maximum atomic E-state index is 10.8. The molecule has 0 aliphatic carbocycles. The molecule has 0 saturated carbocycles. The van der Waals surface area contributed by atoms with Gasteiger partial charge in [-0.15, -0.1) is 0 Å². The van der Waals surface area contributed by atoms with E-state index in [1.54, 1.807) is 0 Å².